The summed E-state index contributed by atoms with van der Waals surface area (Å²) >= 11 is 5.76. The van der Waals surface area contributed by atoms with Crippen LogP contribution in [0, 0.1) is 12.3 Å². The van der Waals surface area contributed by atoms with E-state index in [0.29, 0.717) is 24.4 Å². The Morgan fingerprint density at radius 2 is 2.11 bits per heavy atom. The van der Waals surface area contributed by atoms with Crippen LogP contribution in [0.5, 0.6) is 0 Å². The van der Waals surface area contributed by atoms with E-state index in [1.165, 1.54) is 12.1 Å². The molecule has 0 aromatic heterocycles. The summed E-state index contributed by atoms with van der Waals surface area (Å²) in [5.74, 6) is 2.50. The number of nitrogens with one attached hydrogen (secondary N) is 1. The normalized spacial score (nSPS) is 11.1. The summed E-state index contributed by atoms with van der Waals surface area (Å²) in [6.07, 6.45) is 7.21. The molecule has 98 valence electrons. The molecule has 0 amide bonds. The SMILES string of the molecule is C#CCCCCNS(=O)(=O)c1cc(Cl)ccc1N. The molecule has 4 nitrogen and oxygen atoms in total. The lowest BCUT2D eigenvalue weighted by molar-refractivity contribution is 0.578. The molecular formula is C12H15ClN2O2S. The van der Waals surface area contributed by atoms with Crippen LogP contribution in [-0.2, 0) is 10.0 Å². The molecule has 18 heavy (non-hydrogen) atoms. The van der Waals surface area contributed by atoms with Crippen LogP contribution < -0.4 is 10.5 Å². The number of hydrogen-bond acceptors (Lipinski definition) is 3. The first-order valence-electron chi connectivity index (χ1n) is 5.45. The van der Waals surface area contributed by atoms with Crippen LogP contribution in [0.1, 0.15) is 19.3 Å². The molecule has 0 saturated heterocycles. The van der Waals surface area contributed by atoms with Crippen molar-refractivity contribution in [3.63, 3.8) is 0 Å². The van der Waals surface area contributed by atoms with Gasteiger partial charge in [-0.2, -0.15) is 0 Å². The molecule has 1 rings (SSSR count). The fourth-order valence-corrected chi connectivity index (χ4v) is 2.84. The van der Waals surface area contributed by atoms with Crippen molar-refractivity contribution in [2.24, 2.45) is 0 Å². The Morgan fingerprint density at radius 1 is 1.39 bits per heavy atom. The summed E-state index contributed by atoms with van der Waals surface area (Å²) in [4.78, 5) is 0.00644. The molecule has 0 aliphatic heterocycles. The molecule has 1 aromatic rings. The predicted molar refractivity (Wildman–Crippen MR) is 73.7 cm³/mol. The maximum atomic E-state index is 11.9. The third-order valence-corrected chi connectivity index (χ3v) is 4.06. The van der Waals surface area contributed by atoms with Crippen molar-refractivity contribution < 1.29 is 8.42 Å². The molecule has 0 radical (unpaired) electrons. The zero-order chi connectivity index (χ0) is 13.6. The maximum Gasteiger partial charge on any atom is 0.242 e. The van der Waals surface area contributed by atoms with Crippen molar-refractivity contribution in [3.05, 3.63) is 23.2 Å². The van der Waals surface area contributed by atoms with Crippen LogP contribution >= 0.6 is 11.6 Å². The maximum absolute atomic E-state index is 11.9. The van der Waals surface area contributed by atoms with Crippen LogP contribution in [-0.4, -0.2) is 15.0 Å². The second-order valence-corrected chi connectivity index (χ2v) is 5.91. The predicted octanol–water partition coefficient (Wildman–Crippen LogP) is 2.00. The Labute approximate surface area is 113 Å². The minimum atomic E-state index is -3.61. The summed E-state index contributed by atoms with van der Waals surface area (Å²) in [6.45, 7) is 0.329. The fraction of sp³-hybridized carbons (Fsp3) is 0.333. The number of nitrogen functional groups attached to an aromatic ring is 1. The molecular weight excluding hydrogens is 272 g/mol. The van der Waals surface area contributed by atoms with Gasteiger partial charge >= 0.3 is 0 Å². The largest absolute Gasteiger partial charge is 0.398 e. The first kappa shape index (κ1) is 14.8. The first-order valence-corrected chi connectivity index (χ1v) is 7.31. The number of nitrogens with two attached hydrogens (primary N) is 1. The molecule has 0 atom stereocenters. The van der Waals surface area contributed by atoms with E-state index in [0.717, 1.165) is 6.42 Å². The molecule has 0 unspecified atom stereocenters. The minimum Gasteiger partial charge on any atom is -0.398 e. The number of terminal acetylenes is 1. The molecule has 0 bridgehead atoms. The van der Waals surface area contributed by atoms with E-state index in [4.69, 9.17) is 23.8 Å². The Kier molecular flexibility index (Phi) is 5.48. The van der Waals surface area contributed by atoms with Gasteiger partial charge in [0.1, 0.15) is 4.90 Å². The molecule has 1 aromatic carbocycles. The highest BCUT2D eigenvalue weighted by molar-refractivity contribution is 7.89. The fourth-order valence-electron chi connectivity index (χ4n) is 1.38. The monoisotopic (exact) mass is 286 g/mol. The average molecular weight is 287 g/mol. The Hall–Kier alpha value is -1.22. The molecule has 0 aliphatic rings. The van der Waals surface area contributed by atoms with Gasteiger partial charge in [-0.3, -0.25) is 0 Å². The lowest BCUT2D eigenvalue weighted by Gasteiger charge is -2.09. The van der Waals surface area contributed by atoms with Gasteiger partial charge in [0.05, 0.1) is 5.69 Å². The van der Waals surface area contributed by atoms with Crippen LogP contribution in [0.25, 0.3) is 0 Å². The van der Waals surface area contributed by atoms with Gasteiger partial charge in [0.25, 0.3) is 0 Å². The van der Waals surface area contributed by atoms with Crippen molar-refractivity contribution in [2.75, 3.05) is 12.3 Å². The van der Waals surface area contributed by atoms with E-state index in [2.05, 4.69) is 10.6 Å². The van der Waals surface area contributed by atoms with E-state index < -0.39 is 10.0 Å². The summed E-state index contributed by atoms with van der Waals surface area (Å²) in [6, 6.07) is 4.35. The third-order valence-electron chi connectivity index (χ3n) is 2.31. The average Bonchev–Trinajstić information content (AvgIpc) is 2.32. The van der Waals surface area contributed by atoms with E-state index >= 15 is 0 Å². The lowest BCUT2D eigenvalue weighted by Crippen LogP contribution is -2.25. The highest BCUT2D eigenvalue weighted by Crippen LogP contribution is 2.22. The van der Waals surface area contributed by atoms with Crippen LogP contribution in [0.15, 0.2) is 23.1 Å². The van der Waals surface area contributed by atoms with Crippen molar-refractivity contribution in [1.82, 2.24) is 4.72 Å². The number of benzene rings is 1. The zero-order valence-electron chi connectivity index (χ0n) is 9.82. The topological polar surface area (TPSA) is 72.2 Å². The van der Waals surface area contributed by atoms with Gasteiger partial charge in [0.15, 0.2) is 0 Å². The number of anilines is 1. The molecule has 0 saturated carbocycles. The number of sulfonamides is 1. The Morgan fingerprint density at radius 3 is 2.78 bits per heavy atom. The minimum absolute atomic E-state index is 0.00644. The van der Waals surface area contributed by atoms with Crippen molar-refractivity contribution in [1.29, 1.82) is 0 Å². The second kappa shape index (κ2) is 6.64. The summed E-state index contributed by atoms with van der Waals surface area (Å²) in [7, 11) is -3.61. The smallest absolute Gasteiger partial charge is 0.242 e. The summed E-state index contributed by atoms with van der Waals surface area (Å²) in [5.41, 5.74) is 5.80. The molecule has 6 heteroatoms. The van der Waals surface area contributed by atoms with Gasteiger partial charge in [0, 0.05) is 18.0 Å². The van der Waals surface area contributed by atoms with Crippen LogP contribution in [0.3, 0.4) is 0 Å². The van der Waals surface area contributed by atoms with Crippen molar-refractivity contribution in [3.8, 4) is 12.3 Å². The zero-order valence-corrected chi connectivity index (χ0v) is 11.4. The van der Waals surface area contributed by atoms with Gasteiger partial charge in [0.2, 0.25) is 10.0 Å². The van der Waals surface area contributed by atoms with E-state index in [1.54, 1.807) is 6.07 Å². The van der Waals surface area contributed by atoms with E-state index in [9.17, 15) is 8.42 Å². The molecule has 0 fully saturated rings. The van der Waals surface area contributed by atoms with Crippen molar-refractivity contribution in [2.45, 2.75) is 24.2 Å². The van der Waals surface area contributed by atoms with E-state index in [-0.39, 0.29) is 10.6 Å². The highest BCUT2D eigenvalue weighted by Gasteiger charge is 2.16. The third kappa shape index (κ3) is 4.22. The lowest BCUT2D eigenvalue weighted by atomic mass is 10.2. The quantitative estimate of drug-likeness (QED) is 0.477. The molecule has 0 spiro atoms. The van der Waals surface area contributed by atoms with Gasteiger partial charge in [-0.25, -0.2) is 13.1 Å². The van der Waals surface area contributed by atoms with Gasteiger partial charge < -0.3 is 5.73 Å². The summed E-state index contributed by atoms with van der Waals surface area (Å²) < 4.78 is 26.4. The molecule has 0 heterocycles. The van der Waals surface area contributed by atoms with Crippen molar-refractivity contribution >= 4 is 27.3 Å². The van der Waals surface area contributed by atoms with Gasteiger partial charge in [-0.1, -0.05) is 11.6 Å². The van der Waals surface area contributed by atoms with Crippen LogP contribution in [0.4, 0.5) is 5.69 Å². The number of rotatable bonds is 6. The standard InChI is InChI=1S/C12H15ClN2O2S/c1-2-3-4-5-8-15-18(16,17)12-9-10(13)6-7-11(12)14/h1,6-7,9,15H,3-5,8,14H2. The summed E-state index contributed by atoms with van der Waals surface area (Å²) in [5, 5.41) is 0.330. The van der Waals surface area contributed by atoms with Gasteiger partial charge in [-0.05, 0) is 31.0 Å². The highest BCUT2D eigenvalue weighted by atomic mass is 35.5. The Bertz CT molecular complexity index is 550. The number of unbranched alkanes of at least 4 members (excludes halogenated alkanes) is 2. The van der Waals surface area contributed by atoms with Gasteiger partial charge in [-0.15, -0.1) is 12.3 Å². The molecule has 0 aliphatic carbocycles. The van der Waals surface area contributed by atoms with E-state index in [1.807, 2.05) is 0 Å². The van der Waals surface area contributed by atoms with Crippen LogP contribution in [0.2, 0.25) is 5.02 Å². The first-order chi connectivity index (χ1) is 8.47. The Balaban J connectivity index is 2.69. The molecule has 3 N–H and O–H groups in total. The second-order valence-electron chi connectivity index (χ2n) is 3.74. The number of halogens is 1. The number of hydrogen-bond donors (Lipinski definition) is 2.